The summed E-state index contributed by atoms with van der Waals surface area (Å²) in [6.45, 7) is 4.39. The maximum atomic E-state index is 11.9. The van der Waals surface area contributed by atoms with Gasteiger partial charge in [0.25, 0.3) is 0 Å². The van der Waals surface area contributed by atoms with E-state index in [1.807, 2.05) is 18.2 Å². The SMILES string of the molecule is CCCCCC1C(=O)OCCN1Cc1ccccc1. The van der Waals surface area contributed by atoms with Gasteiger partial charge in [0, 0.05) is 13.1 Å². The van der Waals surface area contributed by atoms with E-state index in [9.17, 15) is 4.79 Å². The molecule has 3 heteroatoms. The lowest BCUT2D eigenvalue weighted by molar-refractivity contribution is -0.158. The second-order valence-corrected chi connectivity index (χ2v) is 5.14. The molecule has 1 aromatic rings. The van der Waals surface area contributed by atoms with Gasteiger partial charge in [-0.15, -0.1) is 0 Å². The zero-order valence-electron chi connectivity index (χ0n) is 11.7. The van der Waals surface area contributed by atoms with Crippen molar-refractivity contribution in [2.45, 2.75) is 45.2 Å². The van der Waals surface area contributed by atoms with E-state index in [0.717, 1.165) is 25.9 Å². The highest BCUT2D eigenvalue weighted by atomic mass is 16.5. The Labute approximate surface area is 115 Å². The van der Waals surface area contributed by atoms with Crippen LogP contribution in [0.5, 0.6) is 0 Å². The third-order valence-electron chi connectivity index (χ3n) is 3.65. The zero-order valence-corrected chi connectivity index (χ0v) is 11.7. The molecule has 0 aromatic heterocycles. The molecular weight excluding hydrogens is 238 g/mol. The molecule has 19 heavy (non-hydrogen) atoms. The van der Waals surface area contributed by atoms with Crippen LogP contribution in [-0.4, -0.2) is 30.1 Å². The molecule has 104 valence electrons. The van der Waals surface area contributed by atoms with Gasteiger partial charge in [0.2, 0.25) is 0 Å². The molecule has 1 aliphatic heterocycles. The van der Waals surface area contributed by atoms with Gasteiger partial charge >= 0.3 is 5.97 Å². The molecule has 3 nitrogen and oxygen atoms in total. The number of nitrogens with zero attached hydrogens (tertiary/aromatic N) is 1. The van der Waals surface area contributed by atoms with Crippen LogP contribution >= 0.6 is 0 Å². The summed E-state index contributed by atoms with van der Waals surface area (Å²) in [5, 5.41) is 0. The van der Waals surface area contributed by atoms with E-state index in [1.165, 1.54) is 18.4 Å². The van der Waals surface area contributed by atoms with Gasteiger partial charge in [-0.1, -0.05) is 56.5 Å². The third kappa shape index (κ3) is 4.06. The average Bonchev–Trinajstić information content (AvgIpc) is 2.43. The minimum atomic E-state index is -0.0551. The lowest BCUT2D eigenvalue weighted by Crippen LogP contribution is -2.48. The van der Waals surface area contributed by atoms with Crippen molar-refractivity contribution in [3.05, 3.63) is 35.9 Å². The maximum Gasteiger partial charge on any atom is 0.323 e. The number of hydrogen-bond donors (Lipinski definition) is 0. The van der Waals surface area contributed by atoms with E-state index in [4.69, 9.17) is 4.74 Å². The first kappa shape index (κ1) is 14.1. The summed E-state index contributed by atoms with van der Waals surface area (Å²) in [6, 6.07) is 10.3. The number of benzene rings is 1. The van der Waals surface area contributed by atoms with Gasteiger partial charge in [-0.25, -0.2) is 0 Å². The molecule has 1 fully saturated rings. The van der Waals surface area contributed by atoms with Crippen LogP contribution in [0.1, 0.15) is 38.2 Å². The van der Waals surface area contributed by atoms with Gasteiger partial charge in [-0.3, -0.25) is 9.69 Å². The Morgan fingerprint density at radius 1 is 1.26 bits per heavy atom. The standard InChI is InChI=1S/C16H23NO2/c1-2-3-5-10-15-16(18)19-12-11-17(15)13-14-8-6-4-7-9-14/h4,6-9,15H,2-3,5,10-13H2,1H3. The Morgan fingerprint density at radius 3 is 2.79 bits per heavy atom. The second-order valence-electron chi connectivity index (χ2n) is 5.14. The molecule has 2 rings (SSSR count). The number of esters is 1. The minimum Gasteiger partial charge on any atom is -0.463 e. The molecule has 1 aromatic carbocycles. The highest BCUT2D eigenvalue weighted by molar-refractivity contribution is 5.76. The molecule has 0 radical (unpaired) electrons. The van der Waals surface area contributed by atoms with Crippen molar-refractivity contribution in [3.8, 4) is 0 Å². The lowest BCUT2D eigenvalue weighted by Gasteiger charge is -2.34. The molecular formula is C16H23NO2. The number of ether oxygens (including phenoxy) is 1. The monoisotopic (exact) mass is 261 g/mol. The topological polar surface area (TPSA) is 29.5 Å². The molecule has 1 aliphatic rings. The molecule has 0 bridgehead atoms. The quantitative estimate of drug-likeness (QED) is 0.582. The number of unbranched alkanes of at least 4 members (excludes halogenated alkanes) is 2. The fraction of sp³-hybridized carbons (Fsp3) is 0.562. The Bertz CT molecular complexity index is 391. The van der Waals surface area contributed by atoms with Gasteiger partial charge in [0.05, 0.1) is 0 Å². The van der Waals surface area contributed by atoms with Gasteiger partial charge in [-0.2, -0.15) is 0 Å². The summed E-state index contributed by atoms with van der Waals surface area (Å²) < 4.78 is 5.21. The van der Waals surface area contributed by atoms with Crippen molar-refractivity contribution >= 4 is 5.97 Å². The van der Waals surface area contributed by atoms with Crippen molar-refractivity contribution in [2.75, 3.05) is 13.2 Å². The number of cyclic esters (lactones) is 1. The first-order chi connectivity index (χ1) is 9.31. The van der Waals surface area contributed by atoms with Gasteiger partial charge in [0.1, 0.15) is 12.6 Å². The van der Waals surface area contributed by atoms with Crippen LogP contribution in [0, 0.1) is 0 Å². The number of carbonyl (C=O) groups is 1. The Kier molecular flexibility index (Phi) is 5.40. The Balaban J connectivity index is 1.96. The molecule has 1 unspecified atom stereocenters. The fourth-order valence-electron chi connectivity index (χ4n) is 2.56. The summed E-state index contributed by atoms with van der Waals surface area (Å²) in [5.41, 5.74) is 1.26. The van der Waals surface area contributed by atoms with Gasteiger partial charge < -0.3 is 4.74 Å². The molecule has 1 heterocycles. The van der Waals surface area contributed by atoms with Gasteiger partial charge in [-0.05, 0) is 12.0 Å². The normalized spacial score (nSPS) is 20.3. The molecule has 0 spiro atoms. The van der Waals surface area contributed by atoms with Crippen LogP contribution in [0.25, 0.3) is 0 Å². The van der Waals surface area contributed by atoms with E-state index in [-0.39, 0.29) is 12.0 Å². The predicted molar refractivity (Wildman–Crippen MR) is 75.7 cm³/mol. The Hall–Kier alpha value is -1.35. The number of morpholine rings is 1. The number of rotatable bonds is 6. The van der Waals surface area contributed by atoms with E-state index in [0.29, 0.717) is 6.61 Å². The summed E-state index contributed by atoms with van der Waals surface area (Å²) >= 11 is 0. The maximum absolute atomic E-state index is 11.9. The van der Waals surface area contributed by atoms with Crippen molar-refractivity contribution < 1.29 is 9.53 Å². The summed E-state index contributed by atoms with van der Waals surface area (Å²) in [6.07, 6.45) is 4.38. The summed E-state index contributed by atoms with van der Waals surface area (Å²) in [5.74, 6) is -0.0433. The van der Waals surface area contributed by atoms with Crippen LogP contribution < -0.4 is 0 Å². The second kappa shape index (κ2) is 7.29. The molecule has 0 amide bonds. The molecule has 1 saturated heterocycles. The van der Waals surface area contributed by atoms with E-state index >= 15 is 0 Å². The highest BCUT2D eigenvalue weighted by Crippen LogP contribution is 2.18. The van der Waals surface area contributed by atoms with Crippen molar-refractivity contribution in [3.63, 3.8) is 0 Å². The zero-order chi connectivity index (χ0) is 13.5. The van der Waals surface area contributed by atoms with Crippen molar-refractivity contribution in [1.29, 1.82) is 0 Å². The lowest BCUT2D eigenvalue weighted by atomic mass is 10.0. The van der Waals surface area contributed by atoms with E-state index in [2.05, 4.69) is 24.0 Å². The van der Waals surface area contributed by atoms with Crippen molar-refractivity contribution in [1.82, 2.24) is 4.90 Å². The van der Waals surface area contributed by atoms with Crippen LogP contribution in [0.4, 0.5) is 0 Å². The first-order valence-electron chi connectivity index (χ1n) is 7.26. The summed E-state index contributed by atoms with van der Waals surface area (Å²) in [4.78, 5) is 14.2. The smallest absolute Gasteiger partial charge is 0.323 e. The fourth-order valence-corrected chi connectivity index (χ4v) is 2.56. The minimum absolute atomic E-state index is 0.0433. The molecule has 0 saturated carbocycles. The largest absolute Gasteiger partial charge is 0.463 e. The first-order valence-corrected chi connectivity index (χ1v) is 7.26. The van der Waals surface area contributed by atoms with E-state index < -0.39 is 0 Å². The van der Waals surface area contributed by atoms with Crippen molar-refractivity contribution in [2.24, 2.45) is 0 Å². The molecule has 0 N–H and O–H groups in total. The van der Waals surface area contributed by atoms with Crippen LogP contribution in [0.2, 0.25) is 0 Å². The number of hydrogen-bond acceptors (Lipinski definition) is 3. The van der Waals surface area contributed by atoms with Crippen LogP contribution in [0.15, 0.2) is 30.3 Å². The average molecular weight is 261 g/mol. The third-order valence-corrected chi connectivity index (χ3v) is 3.65. The Morgan fingerprint density at radius 2 is 2.05 bits per heavy atom. The van der Waals surface area contributed by atoms with Crippen LogP contribution in [0.3, 0.4) is 0 Å². The number of carbonyl (C=O) groups excluding carboxylic acids is 1. The van der Waals surface area contributed by atoms with Crippen LogP contribution in [-0.2, 0) is 16.1 Å². The molecule has 1 atom stereocenters. The predicted octanol–water partition coefficient (Wildman–Crippen LogP) is 2.99. The summed E-state index contributed by atoms with van der Waals surface area (Å²) in [7, 11) is 0. The van der Waals surface area contributed by atoms with E-state index in [1.54, 1.807) is 0 Å². The molecule has 0 aliphatic carbocycles. The van der Waals surface area contributed by atoms with Gasteiger partial charge in [0.15, 0.2) is 0 Å². The highest BCUT2D eigenvalue weighted by Gasteiger charge is 2.30.